The Hall–Kier alpha value is -2.37. The zero-order valence-corrected chi connectivity index (χ0v) is 16.4. The van der Waals surface area contributed by atoms with Gasteiger partial charge in [-0.1, -0.05) is 43.3 Å². The fourth-order valence-electron chi connectivity index (χ4n) is 3.09. The van der Waals surface area contributed by atoms with Gasteiger partial charge in [0, 0.05) is 12.2 Å². The zero-order chi connectivity index (χ0) is 18.5. The number of aryl methyl sites for hydroxylation is 1. The van der Waals surface area contributed by atoms with Gasteiger partial charge >= 0.3 is 0 Å². The molecule has 1 heterocycles. The van der Waals surface area contributed by atoms with Crippen LogP contribution >= 0.6 is 12.4 Å². The molecule has 0 saturated heterocycles. The quantitative estimate of drug-likeness (QED) is 0.738. The van der Waals surface area contributed by atoms with E-state index in [1.807, 2.05) is 42.5 Å². The molecule has 0 aliphatic carbocycles. The minimum Gasteiger partial charge on any atom is -0.343 e. The van der Waals surface area contributed by atoms with Gasteiger partial charge in [0.05, 0.1) is 6.04 Å². The Bertz CT molecular complexity index is 792. The molecule has 0 bridgehead atoms. The van der Waals surface area contributed by atoms with Crippen LogP contribution in [0.5, 0.6) is 0 Å². The van der Waals surface area contributed by atoms with E-state index in [1.54, 1.807) is 6.92 Å². The molecule has 6 heteroatoms. The minimum absolute atomic E-state index is 0. The molecule has 0 radical (unpaired) electrons. The monoisotopic (exact) mass is 387 g/mol. The molecule has 144 valence electrons. The largest absolute Gasteiger partial charge is 0.343 e. The van der Waals surface area contributed by atoms with Crippen LogP contribution in [-0.4, -0.2) is 23.9 Å². The van der Waals surface area contributed by atoms with Crippen LogP contribution in [0, 0.1) is 0 Å². The zero-order valence-electron chi connectivity index (χ0n) is 15.6. The molecule has 5 nitrogen and oxygen atoms in total. The molecular weight excluding hydrogens is 362 g/mol. The first kappa shape index (κ1) is 20.9. The average Bonchev–Trinajstić information content (AvgIpc) is 2.68. The summed E-state index contributed by atoms with van der Waals surface area (Å²) in [5, 5.41) is 8.89. The maximum Gasteiger partial charge on any atom is 0.246 e. The van der Waals surface area contributed by atoms with Crippen molar-refractivity contribution in [2.24, 2.45) is 0 Å². The van der Waals surface area contributed by atoms with Crippen LogP contribution < -0.4 is 16.0 Å². The number of nitrogens with one attached hydrogen (secondary N) is 3. The Labute approximate surface area is 166 Å². The van der Waals surface area contributed by atoms with Gasteiger partial charge in [-0.25, -0.2) is 0 Å². The number of anilines is 1. The predicted octanol–water partition coefficient (Wildman–Crippen LogP) is 2.83. The van der Waals surface area contributed by atoms with Crippen molar-refractivity contribution >= 4 is 29.9 Å². The summed E-state index contributed by atoms with van der Waals surface area (Å²) in [7, 11) is 0. The van der Waals surface area contributed by atoms with Gasteiger partial charge in [0.15, 0.2) is 0 Å². The Morgan fingerprint density at radius 2 is 1.78 bits per heavy atom. The summed E-state index contributed by atoms with van der Waals surface area (Å²) in [4.78, 5) is 24.8. The van der Waals surface area contributed by atoms with Crippen LogP contribution in [-0.2, 0) is 29.0 Å². The molecule has 0 aromatic heterocycles. The number of fused-ring (bicyclic) bond motifs is 1. The third kappa shape index (κ3) is 5.31. The Kier molecular flexibility index (Phi) is 7.39. The standard InChI is InChI=1S/C21H25N3O2.ClH/c1-3-15-8-10-18(11-9-15)24-20(25)14(2)23-21(26)19-12-16-6-4-5-7-17(16)13-22-19;/h4-11,14,19,22H,3,12-13H2,1-2H3,(H,23,26)(H,24,25);1H/t14-,19+;/m1./s1. The number of amides is 2. The number of carbonyl (C=O) groups is 2. The predicted molar refractivity (Wildman–Crippen MR) is 110 cm³/mol. The molecule has 2 atom stereocenters. The molecule has 2 aromatic rings. The molecule has 2 aromatic carbocycles. The van der Waals surface area contributed by atoms with Crippen molar-refractivity contribution in [1.29, 1.82) is 0 Å². The summed E-state index contributed by atoms with van der Waals surface area (Å²) in [6.45, 7) is 4.45. The second-order valence-corrected chi connectivity index (χ2v) is 6.68. The molecule has 0 spiro atoms. The third-order valence-corrected chi connectivity index (χ3v) is 4.78. The van der Waals surface area contributed by atoms with E-state index >= 15 is 0 Å². The lowest BCUT2D eigenvalue weighted by atomic mass is 9.95. The van der Waals surface area contributed by atoms with Crippen molar-refractivity contribution in [2.75, 3.05) is 5.32 Å². The molecule has 0 saturated carbocycles. The van der Waals surface area contributed by atoms with Gasteiger partial charge < -0.3 is 16.0 Å². The Balaban J connectivity index is 0.00000261. The lowest BCUT2D eigenvalue weighted by Gasteiger charge is -2.26. The highest BCUT2D eigenvalue weighted by atomic mass is 35.5. The fraction of sp³-hybridized carbons (Fsp3) is 0.333. The first-order chi connectivity index (χ1) is 12.6. The van der Waals surface area contributed by atoms with Gasteiger partial charge in [-0.2, -0.15) is 0 Å². The first-order valence-corrected chi connectivity index (χ1v) is 9.07. The van der Waals surface area contributed by atoms with Crippen LogP contribution in [0.15, 0.2) is 48.5 Å². The summed E-state index contributed by atoms with van der Waals surface area (Å²) < 4.78 is 0. The molecule has 0 fully saturated rings. The summed E-state index contributed by atoms with van der Waals surface area (Å²) in [5.41, 5.74) is 4.35. The van der Waals surface area contributed by atoms with Gasteiger partial charge in [0.1, 0.15) is 6.04 Å². The number of hydrogen-bond donors (Lipinski definition) is 3. The van der Waals surface area contributed by atoms with Crippen molar-refractivity contribution < 1.29 is 9.59 Å². The van der Waals surface area contributed by atoms with Gasteiger partial charge in [-0.15, -0.1) is 12.4 Å². The smallest absolute Gasteiger partial charge is 0.246 e. The second kappa shape index (κ2) is 9.53. The fourth-order valence-corrected chi connectivity index (χ4v) is 3.09. The third-order valence-electron chi connectivity index (χ3n) is 4.78. The van der Waals surface area contributed by atoms with E-state index in [0.717, 1.165) is 12.1 Å². The molecule has 1 aliphatic heterocycles. The van der Waals surface area contributed by atoms with E-state index < -0.39 is 6.04 Å². The second-order valence-electron chi connectivity index (χ2n) is 6.68. The highest BCUT2D eigenvalue weighted by Gasteiger charge is 2.26. The van der Waals surface area contributed by atoms with Crippen LogP contribution in [0.2, 0.25) is 0 Å². The van der Waals surface area contributed by atoms with E-state index in [9.17, 15) is 9.59 Å². The van der Waals surface area contributed by atoms with E-state index in [-0.39, 0.29) is 30.3 Å². The van der Waals surface area contributed by atoms with Crippen molar-refractivity contribution in [2.45, 2.75) is 45.3 Å². The number of hydrogen-bond acceptors (Lipinski definition) is 3. The Morgan fingerprint density at radius 3 is 2.44 bits per heavy atom. The van der Waals surface area contributed by atoms with Crippen LogP contribution in [0.3, 0.4) is 0 Å². The first-order valence-electron chi connectivity index (χ1n) is 9.07. The van der Waals surface area contributed by atoms with E-state index in [0.29, 0.717) is 13.0 Å². The van der Waals surface area contributed by atoms with Crippen LogP contribution in [0.4, 0.5) is 5.69 Å². The van der Waals surface area contributed by atoms with Crippen LogP contribution in [0.1, 0.15) is 30.5 Å². The lowest BCUT2D eigenvalue weighted by molar-refractivity contribution is -0.127. The van der Waals surface area contributed by atoms with E-state index in [2.05, 4.69) is 28.9 Å². The normalized spacial score (nSPS) is 16.4. The Morgan fingerprint density at radius 1 is 1.11 bits per heavy atom. The molecule has 27 heavy (non-hydrogen) atoms. The van der Waals surface area contributed by atoms with Gasteiger partial charge in [0.25, 0.3) is 0 Å². The average molecular weight is 388 g/mol. The van der Waals surface area contributed by atoms with Crippen molar-refractivity contribution in [3.63, 3.8) is 0 Å². The highest BCUT2D eigenvalue weighted by Crippen LogP contribution is 2.16. The molecule has 3 N–H and O–H groups in total. The molecule has 2 amide bonds. The molecule has 3 rings (SSSR count). The van der Waals surface area contributed by atoms with E-state index in [4.69, 9.17) is 0 Å². The van der Waals surface area contributed by atoms with Crippen molar-refractivity contribution in [1.82, 2.24) is 10.6 Å². The molecule has 1 aliphatic rings. The number of rotatable bonds is 5. The SMILES string of the molecule is CCc1ccc(NC(=O)[C@@H](C)NC(=O)[C@@H]2Cc3ccccc3CN2)cc1.Cl. The summed E-state index contributed by atoms with van der Waals surface area (Å²) in [5.74, 6) is -0.373. The number of carbonyl (C=O) groups excluding carboxylic acids is 2. The number of benzene rings is 2. The summed E-state index contributed by atoms with van der Waals surface area (Å²) in [6.07, 6.45) is 1.59. The maximum absolute atomic E-state index is 12.5. The highest BCUT2D eigenvalue weighted by molar-refractivity contribution is 5.97. The molecule has 0 unspecified atom stereocenters. The van der Waals surface area contributed by atoms with Crippen molar-refractivity contribution in [3.05, 3.63) is 65.2 Å². The van der Waals surface area contributed by atoms with Gasteiger partial charge in [-0.3, -0.25) is 9.59 Å². The number of halogens is 1. The summed E-state index contributed by atoms with van der Waals surface area (Å²) >= 11 is 0. The van der Waals surface area contributed by atoms with Gasteiger partial charge in [-0.05, 0) is 48.6 Å². The van der Waals surface area contributed by atoms with E-state index in [1.165, 1.54) is 16.7 Å². The maximum atomic E-state index is 12.5. The topological polar surface area (TPSA) is 70.2 Å². The van der Waals surface area contributed by atoms with Gasteiger partial charge in [0.2, 0.25) is 11.8 Å². The molecular formula is C21H26ClN3O2. The van der Waals surface area contributed by atoms with Crippen LogP contribution in [0.25, 0.3) is 0 Å². The lowest BCUT2D eigenvalue weighted by Crippen LogP contribution is -2.52. The minimum atomic E-state index is -0.604. The van der Waals surface area contributed by atoms with Crippen molar-refractivity contribution in [3.8, 4) is 0 Å². The summed E-state index contributed by atoms with van der Waals surface area (Å²) in [6, 6.07) is 14.9.